The second-order valence-electron chi connectivity index (χ2n) is 4.98. The quantitative estimate of drug-likeness (QED) is 0.847. The monoisotopic (exact) mass is 299 g/mol. The molecule has 104 valence electrons. The highest BCUT2D eigenvalue weighted by Crippen LogP contribution is 2.29. The zero-order chi connectivity index (χ0) is 14.2. The molecule has 2 N–H and O–H groups in total. The van der Waals surface area contributed by atoms with Crippen LogP contribution in [0.2, 0.25) is 0 Å². The Morgan fingerprint density at radius 1 is 1.53 bits per heavy atom. The van der Waals surface area contributed by atoms with Crippen LogP contribution in [0.15, 0.2) is 23.2 Å². The van der Waals surface area contributed by atoms with Gasteiger partial charge in [0.15, 0.2) is 0 Å². The maximum absolute atomic E-state index is 12.7. The highest BCUT2D eigenvalue weighted by molar-refractivity contribution is 7.89. The molecule has 1 aliphatic rings. The smallest absolute Gasteiger partial charge is 0.245 e. The third-order valence-electron chi connectivity index (χ3n) is 3.32. The van der Waals surface area contributed by atoms with Gasteiger partial charge in [-0.25, -0.2) is 8.42 Å². The molecule has 0 aliphatic carbocycles. The summed E-state index contributed by atoms with van der Waals surface area (Å²) in [5.74, 6) is 0.356. The van der Waals surface area contributed by atoms with E-state index in [2.05, 4.69) is 4.98 Å². The number of thiocarbonyl (C=S) groups is 1. The molecule has 0 saturated carbocycles. The van der Waals surface area contributed by atoms with Gasteiger partial charge in [0.25, 0.3) is 0 Å². The van der Waals surface area contributed by atoms with Crippen molar-refractivity contribution < 1.29 is 8.42 Å². The minimum Gasteiger partial charge on any atom is -0.388 e. The van der Waals surface area contributed by atoms with Crippen LogP contribution in [0.3, 0.4) is 0 Å². The van der Waals surface area contributed by atoms with E-state index in [-0.39, 0.29) is 21.6 Å². The fourth-order valence-electron chi connectivity index (χ4n) is 2.51. The molecule has 2 atom stereocenters. The number of hydrogen-bond acceptors (Lipinski definition) is 4. The summed E-state index contributed by atoms with van der Waals surface area (Å²) in [6.45, 7) is 4.48. The Labute approximate surface area is 118 Å². The first kappa shape index (κ1) is 14.4. The van der Waals surface area contributed by atoms with Gasteiger partial charge in [-0.15, -0.1) is 0 Å². The summed E-state index contributed by atoms with van der Waals surface area (Å²) in [5, 5.41) is 0. The van der Waals surface area contributed by atoms with Crippen LogP contribution >= 0.6 is 12.2 Å². The summed E-state index contributed by atoms with van der Waals surface area (Å²) in [7, 11) is -3.59. The van der Waals surface area contributed by atoms with Gasteiger partial charge >= 0.3 is 0 Å². The minimum atomic E-state index is -3.59. The first-order valence-corrected chi connectivity index (χ1v) is 7.95. The Balaban J connectivity index is 2.49. The number of nitrogens with zero attached hydrogens (tertiary/aromatic N) is 2. The molecule has 0 bridgehead atoms. The fraction of sp³-hybridized carbons (Fsp3) is 0.500. The number of sulfonamides is 1. The summed E-state index contributed by atoms with van der Waals surface area (Å²) in [6, 6.07) is 3.07. The molecule has 2 rings (SSSR count). The van der Waals surface area contributed by atoms with Crippen LogP contribution in [0.5, 0.6) is 0 Å². The van der Waals surface area contributed by atoms with Crippen LogP contribution in [0.1, 0.15) is 26.0 Å². The lowest BCUT2D eigenvalue weighted by atomic mass is 10.1. The van der Waals surface area contributed by atoms with Crippen LogP contribution in [-0.4, -0.2) is 35.3 Å². The van der Waals surface area contributed by atoms with Gasteiger partial charge in [-0.05, 0) is 31.4 Å². The normalized spacial score (nSPS) is 24.5. The number of pyridine rings is 1. The molecule has 1 fully saturated rings. The van der Waals surface area contributed by atoms with E-state index in [9.17, 15) is 8.42 Å². The molecule has 2 heterocycles. The van der Waals surface area contributed by atoms with Crippen LogP contribution in [0.4, 0.5) is 0 Å². The van der Waals surface area contributed by atoms with Gasteiger partial charge in [-0.2, -0.15) is 4.31 Å². The molecule has 5 nitrogen and oxygen atoms in total. The molecular formula is C12H17N3O2S2. The Hall–Kier alpha value is -1.05. The van der Waals surface area contributed by atoms with Crippen molar-refractivity contribution in [2.45, 2.75) is 31.2 Å². The van der Waals surface area contributed by atoms with Crippen molar-refractivity contribution in [3.8, 4) is 0 Å². The van der Waals surface area contributed by atoms with Crippen molar-refractivity contribution in [2.75, 3.05) is 6.54 Å². The van der Waals surface area contributed by atoms with E-state index >= 15 is 0 Å². The van der Waals surface area contributed by atoms with Gasteiger partial charge in [0.05, 0.1) is 0 Å². The first-order chi connectivity index (χ1) is 8.84. The van der Waals surface area contributed by atoms with Crippen LogP contribution < -0.4 is 5.73 Å². The number of aromatic nitrogens is 1. The first-order valence-electron chi connectivity index (χ1n) is 6.10. The van der Waals surface area contributed by atoms with E-state index in [1.165, 1.54) is 16.6 Å². The number of nitrogens with two attached hydrogens (primary N) is 1. The Bertz CT molecular complexity index is 601. The maximum Gasteiger partial charge on any atom is 0.245 e. The highest BCUT2D eigenvalue weighted by atomic mass is 32.2. The molecule has 7 heteroatoms. The second-order valence-corrected chi connectivity index (χ2v) is 7.28. The van der Waals surface area contributed by atoms with Gasteiger partial charge in [0.1, 0.15) is 15.6 Å². The molecule has 1 aliphatic heterocycles. The van der Waals surface area contributed by atoms with Crippen LogP contribution in [-0.2, 0) is 10.0 Å². The Morgan fingerprint density at radius 2 is 2.21 bits per heavy atom. The second kappa shape index (κ2) is 5.15. The highest BCUT2D eigenvalue weighted by Gasteiger charge is 2.37. The molecule has 1 saturated heterocycles. The van der Waals surface area contributed by atoms with Gasteiger partial charge in [-0.3, -0.25) is 4.98 Å². The lowest BCUT2D eigenvalue weighted by molar-refractivity contribution is 0.405. The predicted octanol–water partition coefficient (Wildman–Crippen LogP) is 1.13. The molecule has 1 aromatic heterocycles. The van der Waals surface area contributed by atoms with Crippen molar-refractivity contribution in [2.24, 2.45) is 11.7 Å². The van der Waals surface area contributed by atoms with Crippen molar-refractivity contribution in [3.63, 3.8) is 0 Å². The fourth-order valence-corrected chi connectivity index (χ4v) is 4.65. The summed E-state index contributed by atoms with van der Waals surface area (Å²) in [4.78, 5) is 4.09. The van der Waals surface area contributed by atoms with E-state index in [1.807, 2.05) is 13.8 Å². The topological polar surface area (TPSA) is 76.3 Å². The molecule has 0 aromatic carbocycles. The molecule has 2 unspecified atom stereocenters. The van der Waals surface area contributed by atoms with Crippen molar-refractivity contribution in [1.29, 1.82) is 0 Å². The van der Waals surface area contributed by atoms with E-state index in [0.29, 0.717) is 12.5 Å². The predicted molar refractivity (Wildman–Crippen MR) is 77.3 cm³/mol. The van der Waals surface area contributed by atoms with E-state index < -0.39 is 10.0 Å². The van der Waals surface area contributed by atoms with Gasteiger partial charge in [0, 0.05) is 18.8 Å². The average molecular weight is 299 g/mol. The van der Waals surface area contributed by atoms with Crippen LogP contribution in [0.25, 0.3) is 0 Å². The standard InChI is InChI=1S/C12H17N3O2S2/c1-8-6-9(2)15(7-8)19(16,17)10-4-3-5-14-11(10)12(13)18/h3-5,8-9H,6-7H2,1-2H3,(H2,13,18). The third-order valence-corrected chi connectivity index (χ3v) is 5.52. The number of rotatable bonds is 3. The Kier molecular flexibility index (Phi) is 3.89. The summed E-state index contributed by atoms with van der Waals surface area (Å²) in [6.07, 6.45) is 2.35. The minimum absolute atomic E-state index is 0.000858. The van der Waals surface area contributed by atoms with E-state index in [0.717, 1.165) is 6.42 Å². The molecule has 0 radical (unpaired) electrons. The maximum atomic E-state index is 12.7. The molecule has 0 amide bonds. The number of hydrogen-bond donors (Lipinski definition) is 1. The summed E-state index contributed by atoms with van der Waals surface area (Å²) < 4.78 is 26.9. The lowest BCUT2D eigenvalue weighted by Gasteiger charge is -2.21. The van der Waals surface area contributed by atoms with E-state index in [1.54, 1.807) is 6.07 Å². The Morgan fingerprint density at radius 3 is 2.74 bits per heavy atom. The van der Waals surface area contributed by atoms with Crippen molar-refractivity contribution in [3.05, 3.63) is 24.0 Å². The molecule has 1 aromatic rings. The SMILES string of the molecule is CC1CC(C)N(S(=O)(=O)c2cccnc2C(N)=S)C1. The third kappa shape index (κ3) is 2.63. The molecule has 19 heavy (non-hydrogen) atoms. The van der Waals surface area contributed by atoms with E-state index in [4.69, 9.17) is 18.0 Å². The van der Waals surface area contributed by atoms with Gasteiger partial charge < -0.3 is 5.73 Å². The average Bonchev–Trinajstić information content (AvgIpc) is 2.69. The summed E-state index contributed by atoms with van der Waals surface area (Å²) >= 11 is 4.88. The van der Waals surface area contributed by atoms with Gasteiger partial charge in [0.2, 0.25) is 10.0 Å². The molecule has 0 spiro atoms. The van der Waals surface area contributed by atoms with Crippen LogP contribution in [0, 0.1) is 5.92 Å². The molecular weight excluding hydrogens is 282 g/mol. The zero-order valence-corrected chi connectivity index (χ0v) is 12.5. The lowest BCUT2D eigenvalue weighted by Crippen LogP contribution is -2.35. The summed E-state index contributed by atoms with van der Waals surface area (Å²) in [5.41, 5.74) is 5.73. The van der Waals surface area contributed by atoms with Gasteiger partial charge in [-0.1, -0.05) is 19.1 Å². The van der Waals surface area contributed by atoms with Crippen molar-refractivity contribution >= 4 is 27.2 Å². The largest absolute Gasteiger partial charge is 0.388 e. The van der Waals surface area contributed by atoms with Crippen molar-refractivity contribution in [1.82, 2.24) is 9.29 Å². The zero-order valence-electron chi connectivity index (χ0n) is 10.9.